The monoisotopic (exact) mass is 274 g/mol. The summed E-state index contributed by atoms with van der Waals surface area (Å²) in [6.07, 6.45) is 5.34. The molecule has 1 heterocycles. The van der Waals surface area contributed by atoms with Gasteiger partial charge in [-0.05, 0) is 19.1 Å². The Kier molecular flexibility index (Phi) is 6.32. The van der Waals surface area contributed by atoms with E-state index in [0.29, 0.717) is 19.5 Å². The largest absolute Gasteiger partial charge is 0.480 e. The molecule has 0 aliphatic carbocycles. The van der Waals surface area contributed by atoms with E-state index in [1.807, 2.05) is 6.26 Å². The van der Waals surface area contributed by atoms with Crippen LogP contribution in [-0.2, 0) is 4.79 Å². The summed E-state index contributed by atoms with van der Waals surface area (Å²) in [5.41, 5.74) is 0. The van der Waals surface area contributed by atoms with Gasteiger partial charge < -0.3 is 14.9 Å². The van der Waals surface area contributed by atoms with Crippen LogP contribution in [-0.4, -0.2) is 65.1 Å². The van der Waals surface area contributed by atoms with Gasteiger partial charge in [0.25, 0.3) is 0 Å². The van der Waals surface area contributed by atoms with E-state index in [1.165, 1.54) is 4.90 Å². The van der Waals surface area contributed by atoms with Crippen LogP contribution in [0.1, 0.15) is 25.7 Å². The van der Waals surface area contributed by atoms with Crippen LogP contribution in [0.3, 0.4) is 0 Å². The van der Waals surface area contributed by atoms with Crippen molar-refractivity contribution in [1.82, 2.24) is 9.80 Å². The van der Waals surface area contributed by atoms with Crippen LogP contribution in [0, 0.1) is 0 Å². The summed E-state index contributed by atoms with van der Waals surface area (Å²) in [6.45, 7) is 1.21. The highest BCUT2D eigenvalue weighted by atomic mass is 32.2. The summed E-state index contributed by atoms with van der Waals surface area (Å²) >= 11 is 1.68. The predicted octanol–water partition coefficient (Wildman–Crippen LogP) is 1.73. The second-order valence-corrected chi connectivity index (χ2v) is 5.58. The third-order valence-electron chi connectivity index (χ3n) is 3.24. The van der Waals surface area contributed by atoms with Gasteiger partial charge in [-0.2, -0.15) is 11.8 Å². The molecule has 1 saturated heterocycles. The van der Waals surface area contributed by atoms with Gasteiger partial charge in [0.1, 0.15) is 6.04 Å². The van der Waals surface area contributed by atoms with Crippen molar-refractivity contribution in [2.24, 2.45) is 0 Å². The summed E-state index contributed by atoms with van der Waals surface area (Å²) in [5.74, 6) is -0.0168. The zero-order valence-corrected chi connectivity index (χ0v) is 11.9. The second-order valence-electron chi connectivity index (χ2n) is 4.59. The number of likely N-dealkylation sites (tertiary alicyclic amines) is 1. The van der Waals surface area contributed by atoms with Crippen LogP contribution in [0.5, 0.6) is 0 Å². The van der Waals surface area contributed by atoms with Crippen LogP contribution in [0.2, 0.25) is 0 Å². The van der Waals surface area contributed by atoms with Gasteiger partial charge in [-0.25, -0.2) is 9.59 Å². The Morgan fingerprint density at radius 3 is 2.72 bits per heavy atom. The van der Waals surface area contributed by atoms with Gasteiger partial charge in [0.15, 0.2) is 0 Å². The summed E-state index contributed by atoms with van der Waals surface area (Å²) < 4.78 is 0. The number of hydrogen-bond donors (Lipinski definition) is 1. The second kappa shape index (κ2) is 7.51. The van der Waals surface area contributed by atoms with Crippen LogP contribution in [0.25, 0.3) is 0 Å². The van der Waals surface area contributed by atoms with Gasteiger partial charge in [0, 0.05) is 25.9 Å². The number of thioether (sulfide) groups is 1. The average molecular weight is 274 g/mol. The highest BCUT2D eigenvalue weighted by Crippen LogP contribution is 2.18. The van der Waals surface area contributed by atoms with Crippen molar-refractivity contribution in [3.05, 3.63) is 0 Å². The number of rotatable bonds is 4. The molecule has 0 aromatic heterocycles. The maximum atomic E-state index is 12.3. The van der Waals surface area contributed by atoms with E-state index in [0.717, 1.165) is 25.0 Å². The molecule has 18 heavy (non-hydrogen) atoms. The zero-order chi connectivity index (χ0) is 13.5. The first-order chi connectivity index (χ1) is 8.57. The number of carboxylic acid groups (broad SMARTS) is 1. The number of nitrogens with zero attached hydrogens (tertiary/aromatic N) is 2. The van der Waals surface area contributed by atoms with Crippen LogP contribution in [0.4, 0.5) is 4.79 Å². The Hall–Kier alpha value is -0.910. The maximum Gasteiger partial charge on any atom is 0.326 e. The maximum absolute atomic E-state index is 12.3. The van der Waals surface area contributed by atoms with Gasteiger partial charge in [-0.1, -0.05) is 12.8 Å². The minimum Gasteiger partial charge on any atom is -0.480 e. The Balaban J connectivity index is 2.68. The van der Waals surface area contributed by atoms with Crippen molar-refractivity contribution < 1.29 is 14.7 Å². The molecule has 0 aromatic carbocycles. The molecule has 1 rings (SSSR count). The first-order valence-corrected chi connectivity index (χ1v) is 7.70. The molecule has 1 aliphatic rings. The molecule has 0 spiro atoms. The molecular weight excluding hydrogens is 252 g/mol. The number of carbonyl (C=O) groups excluding carboxylic acids is 1. The van der Waals surface area contributed by atoms with Crippen molar-refractivity contribution in [2.75, 3.05) is 32.1 Å². The molecule has 1 N–H and O–H groups in total. The minimum absolute atomic E-state index is 0.154. The lowest BCUT2D eigenvalue weighted by Gasteiger charge is -2.31. The quantitative estimate of drug-likeness (QED) is 0.848. The van der Waals surface area contributed by atoms with Crippen molar-refractivity contribution in [3.8, 4) is 0 Å². The van der Waals surface area contributed by atoms with Crippen molar-refractivity contribution in [3.63, 3.8) is 0 Å². The number of aliphatic carboxylic acids is 1. The standard InChI is InChI=1S/C12H22N2O3S/c1-13(8-9-18-2)12(17)14-7-5-3-4-6-10(14)11(15)16/h10H,3-9H2,1-2H3,(H,15,16). The minimum atomic E-state index is -0.886. The Bertz CT molecular complexity index is 299. The Morgan fingerprint density at radius 1 is 1.39 bits per heavy atom. The molecule has 5 nitrogen and oxygen atoms in total. The summed E-state index contributed by atoms with van der Waals surface area (Å²) in [4.78, 5) is 26.6. The molecule has 104 valence electrons. The van der Waals surface area contributed by atoms with Crippen LogP contribution in [0.15, 0.2) is 0 Å². The van der Waals surface area contributed by atoms with Gasteiger partial charge in [-0.15, -0.1) is 0 Å². The average Bonchev–Trinajstić information content (AvgIpc) is 2.60. The van der Waals surface area contributed by atoms with E-state index in [1.54, 1.807) is 23.7 Å². The number of urea groups is 1. The SMILES string of the molecule is CSCCN(C)C(=O)N1CCCCCC1C(=O)O. The third-order valence-corrected chi connectivity index (χ3v) is 3.83. The van der Waals surface area contributed by atoms with E-state index >= 15 is 0 Å². The number of amides is 2. The highest BCUT2D eigenvalue weighted by Gasteiger charge is 2.32. The number of carbonyl (C=O) groups is 2. The van der Waals surface area contributed by atoms with Gasteiger partial charge >= 0.3 is 12.0 Å². The number of carboxylic acids is 1. The molecule has 0 radical (unpaired) electrons. The zero-order valence-electron chi connectivity index (χ0n) is 11.1. The molecule has 1 atom stereocenters. The normalized spacial score (nSPS) is 20.3. The lowest BCUT2D eigenvalue weighted by atomic mass is 10.1. The molecule has 0 aromatic rings. The van der Waals surface area contributed by atoms with Gasteiger partial charge in [0.05, 0.1) is 0 Å². The molecule has 1 aliphatic heterocycles. The van der Waals surface area contributed by atoms with Crippen molar-refractivity contribution in [1.29, 1.82) is 0 Å². The molecule has 0 saturated carbocycles. The molecule has 1 unspecified atom stereocenters. The van der Waals surface area contributed by atoms with E-state index < -0.39 is 12.0 Å². The lowest BCUT2D eigenvalue weighted by molar-refractivity contribution is -0.142. The van der Waals surface area contributed by atoms with E-state index in [2.05, 4.69) is 0 Å². The third kappa shape index (κ3) is 4.08. The predicted molar refractivity (Wildman–Crippen MR) is 73.0 cm³/mol. The van der Waals surface area contributed by atoms with Crippen LogP contribution < -0.4 is 0 Å². The topological polar surface area (TPSA) is 60.9 Å². The smallest absolute Gasteiger partial charge is 0.326 e. The van der Waals surface area contributed by atoms with Gasteiger partial charge in [-0.3, -0.25) is 0 Å². The Labute approximate surface area is 113 Å². The first kappa shape index (κ1) is 15.1. The van der Waals surface area contributed by atoms with Crippen molar-refractivity contribution in [2.45, 2.75) is 31.7 Å². The fourth-order valence-electron chi connectivity index (χ4n) is 2.14. The van der Waals surface area contributed by atoms with E-state index in [9.17, 15) is 14.7 Å². The molecule has 2 amide bonds. The Morgan fingerprint density at radius 2 is 2.11 bits per heavy atom. The highest BCUT2D eigenvalue weighted by molar-refractivity contribution is 7.98. The fourth-order valence-corrected chi connectivity index (χ4v) is 2.59. The molecule has 0 bridgehead atoms. The number of hydrogen-bond acceptors (Lipinski definition) is 3. The van der Waals surface area contributed by atoms with Crippen molar-refractivity contribution >= 4 is 23.8 Å². The fraction of sp³-hybridized carbons (Fsp3) is 0.833. The van der Waals surface area contributed by atoms with E-state index in [4.69, 9.17) is 0 Å². The summed E-state index contributed by atoms with van der Waals surface area (Å²) in [7, 11) is 1.74. The van der Waals surface area contributed by atoms with Crippen LogP contribution >= 0.6 is 11.8 Å². The molecule has 1 fully saturated rings. The summed E-state index contributed by atoms with van der Waals surface area (Å²) in [6, 6.07) is -0.810. The summed E-state index contributed by atoms with van der Waals surface area (Å²) in [5, 5.41) is 9.22. The van der Waals surface area contributed by atoms with E-state index in [-0.39, 0.29) is 6.03 Å². The lowest BCUT2D eigenvalue weighted by Crippen LogP contribution is -2.50. The molecular formula is C12H22N2O3S. The first-order valence-electron chi connectivity index (χ1n) is 6.31. The van der Waals surface area contributed by atoms with Gasteiger partial charge in [0.2, 0.25) is 0 Å². The molecule has 6 heteroatoms.